The van der Waals surface area contributed by atoms with Crippen LogP contribution in [-0.4, -0.2) is 66.3 Å². The fraction of sp³-hybridized carbons (Fsp3) is 0.379. The van der Waals surface area contributed by atoms with Gasteiger partial charge in [0.1, 0.15) is 23.7 Å². The van der Waals surface area contributed by atoms with Gasteiger partial charge in [0.05, 0.1) is 11.4 Å². The van der Waals surface area contributed by atoms with Gasteiger partial charge in [-0.15, -0.1) is 0 Å². The fourth-order valence-electron chi connectivity index (χ4n) is 5.31. The van der Waals surface area contributed by atoms with Crippen LogP contribution in [0.15, 0.2) is 48.9 Å². The minimum Gasteiger partial charge on any atom is -0.383 e. The lowest BCUT2D eigenvalue weighted by molar-refractivity contribution is -0.129. The molecule has 0 aliphatic carbocycles. The standard InChI is InChI=1S/C29H35N9O3/c1-19-12-13-31-23(16-19)34-29(40)21-10-8-20(9-11-21)26-25-27(30)32-18-33-28(25)38(35-26)22-6-5-15-37(17-22)14-4-2-3-7-24(39)36-41/h8-13,16,18,22,41H,2-7,14-15,17H2,1H3,(H,36,39)(H2,30,32,33)(H,31,34,40). The van der Waals surface area contributed by atoms with Crippen LogP contribution >= 0.6 is 0 Å². The van der Waals surface area contributed by atoms with Gasteiger partial charge in [-0.25, -0.2) is 25.1 Å². The third kappa shape index (κ3) is 6.67. The van der Waals surface area contributed by atoms with Crippen molar-refractivity contribution in [2.75, 3.05) is 30.7 Å². The number of benzene rings is 1. The molecule has 5 rings (SSSR count). The summed E-state index contributed by atoms with van der Waals surface area (Å²) in [5.74, 6) is 0.280. The molecule has 1 aliphatic heterocycles. The first-order valence-corrected chi connectivity index (χ1v) is 13.9. The number of anilines is 2. The second-order valence-electron chi connectivity index (χ2n) is 10.4. The minimum atomic E-state index is -0.344. The Morgan fingerprint density at radius 2 is 1.93 bits per heavy atom. The maximum absolute atomic E-state index is 12.8. The number of aryl methyl sites for hydroxylation is 1. The van der Waals surface area contributed by atoms with Crippen molar-refractivity contribution in [3.63, 3.8) is 0 Å². The molecule has 4 aromatic rings. The molecule has 1 unspecified atom stereocenters. The van der Waals surface area contributed by atoms with Gasteiger partial charge in [0.2, 0.25) is 5.91 Å². The maximum atomic E-state index is 12.8. The van der Waals surface area contributed by atoms with Crippen molar-refractivity contribution in [1.82, 2.24) is 35.1 Å². The smallest absolute Gasteiger partial charge is 0.256 e. The molecule has 0 radical (unpaired) electrons. The quantitative estimate of drug-likeness (QED) is 0.129. The molecule has 12 nitrogen and oxygen atoms in total. The Kier molecular flexibility index (Phi) is 8.80. The fourth-order valence-corrected chi connectivity index (χ4v) is 5.31. The zero-order chi connectivity index (χ0) is 28.8. The Labute approximate surface area is 238 Å². The molecule has 1 fully saturated rings. The number of unbranched alkanes of at least 4 members (excludes halogenated alkanes) is 2. The van der Waals surface area contributed by atoms with Crippen molar-refractivity contribution in [2.45, 2.75) is 51.5 Å². The normalized spacial score (nSPS) is 15.6. The highest BCUT2D eigenvalue weighted by atomic mass is 16.5. The third-order valence-corrected chi connectivity index (χ3v) is 7.43. The first kappa shape index (κ1) is 28.1. The molecule has 3 aromatic heterocycles. The van der Waals surface area contributed by atoms with Crippen molar-refractivity contribution < 1.29 is 14.8 Å². The van der Waals surface area contributed by atoms with Gasteiger partial charge in [0.25, 0.3) is 5.91 Å². The van der Waals surface area contributed by atoms with Gasteiger partial charge in [-0.05, 0) is 75.5 Å². The maximum Gasteiger partial charge on any atom is 0.256 e. The SMILES string of the molecule is Cc1ccnc(NC(=O)c2ccc(-c3nn(C4CCCN(CCCCCC(=O)NO)C4)c4ncnc(N)c34)cc2)c1. The number of carbonyl (C=O) groups excluding carboxylic acids is 2. The number of carbonyl (C=O) groups is 2. The van der Waals surface area contributed by atoms with E-state index in [1.54, 1.807) is 23.8 Å². The number of nitrogens with zero attached hydrogens (tertiary/aromatic N) is 6. The predicted molar refractivity (Wildman–Crippen MR) is 155 cm³/mol. The summed E-state index contributed by atoms with van der Waals surface area (Å²) in [7, 11) is 0. The molecule has 0 saturated carbocycles. The van der Waals surface area contributed by atoms with Crippen molar-refractivity contribution in [1.29, 1.82) is 0 Å². The van der Waals surface area contributed by atoms with E-state index in [2.05, 4.69) is 25.2 Å². The highest BCUT2D eigenvalue weighted by Gasteiger charge is 2.26. The molecule has 5 N–H and O–H groups in total. The molecule has 41 heavy (non-hydrogen) atoms. The highest BCUT2D eigenvalue weighted by Crippen LogP contribution is 2.34. The largest absolute Gasteiger partial charge is 0.383 e. The summed E-state index contributed by atoms with van der Waals surface area (Å²) in [5, 5.41) is 17.2. The van der Waals surface area contributed by atoms with Gasteiger partial charge in [-0.2, -0.15) is 5.10 Å². The lowest BCUT2D eigenvalue weighted by atomic mass is 10.0. The molecule has 1 saturated heterocycles. The van der Waals surface area contributed by atoms with Gasteiger partial charge >= 0.3 is 0 Å². The van der Waals surface area contributed by atoms with Gasteiger partial charge in [-0.1, -0.05) is 18.6 Å². The zero-order valence-corrected chi connectivity index (χ0v) is 23.1. The molecule has 12 heteroatoms. The van der Waals surface area contributed by atoms with Gasteiger partial charge in [0.15, 0.2) is 5.65 Å². The van der Waals surface area contributed by atoms with Crippen LogP contribution in [0, 0.1) is 6.92 Å². The first-order chi connectivity index (χ1) is 19.9. The number of hydroxylamine groups is 1. The predicted octanol–water partition coefficient (Wildman–Crippen LogP) is 3.73. The van der Waals surface area contributed by atoms with E-state index in [9.17, 15) is 9.59 Å². The number of likely N-dealkylation sites (tertiary alicyclic amines) is 1. The van der Waals surface area contributed by atoms with Crippen molar-refractivity contribution in [3.8, 4) is 11.3 Å². The number of nitrogens with one attached hydrogen (secondary N) is 2. The van der Waals surface area contributed by atoms with E-state index >= 15 is 0 Å². The summed E-state index contributed by atoms with van der Waals surface area (Å²) in [6.07, 6.45) is 8.11. The molecule has 1 aliphatic rings. The Hall–Kier alpha value is -4.42. The summed E-state index contributed by atoms with van der Waals surface area (Å²) in [6, 6.07) is 11.1. The monoisotopic (exact) mass is 557 g/mol. The zero-order valence-electron chi connectivity index (χ0n) is 23.1. The van der Waals surface area contributed by atoms with E-state index in [4.69, 9.17) is 16.0 Å². The van der Waals surface area contributed by atoms with Crippen LogP contribution < -0.4 is 16.5 Å². The van der Waals surface area contributed by atoms with Crippen molar-refractivity contribution >= 4 is 34.5 Å². The molecule has 0 bridgehead atoms. The summed E-state index contributed by atoms with van der Waals surface area (Å²) >= 11 is 0. The number of pyridine rings is 1. The first-order valence-electron chi connectivity index (χ1n) is 13.9. The van der Waals surface area contributed by atoms with Crippen molar-refractivity contribution in [3.05, 3.63) is 60.0 Å². The molecule has 214 valence electrons. The van der Waals surface area contributed by atoms with Gasteiger partial charge in [0, 0.05) is 30.3 Å². The van der Waals surface area contributed by atoms with Crippen LogP contribution in [0.25, 0.3) is 22.3 Å². The van der Waals surface area contributed by atoms with E-state index in [1.165, 1.54) is 6.33 Å². The lowest BCUT2D eigenvalue weighted by Crippen LogP contribution is -2.37. The molecule has 1 atom stereocenters. The molecular formula is C29H35N9O3. The molecule has 4 heterocycles. The Morgan fingerprint density at radius 3 is 2.71 bits per heavy atom. The second kappa shape index (κ2) is 12.8. The third-order valence-electron chi connectivity index (χ3n) is 7.43. The Morgan fingerprint density at radius 1 is 1.10 bits per heavy atom. The Balaban J connectivity index is 1.31. The molecular weight excluding hydrogens is 522 g/mol. The van der Waals surface area contributed by atoms with Gasteiger partial charge < -0.3 is 16.0 Å². The van der Waals surface area contributed by atoms with E-state index in [1.807, 2.05) is 35.9 Å². The summed E-state index contributed by atoms with van der Waals surface area (Å²) < 4.78 is 1.98. The van der Waals surface area contributed by atoms with Crippen molar-refractivity contribution in [2.24, 2.45) is 0 Å². The molecule has 1 aromatic carbocycles. The molecule has 2 amide bonds. The highest BCUT2D eigenvalue weighted by molar-refractivity contribution is 6.04. The van der Waals surface area contributed by atoms with E-state index in [0.29, 0.717) is 40.3 Å². The van der Waals surface area contributed by atoms with Crippen LogP contribution in [0.1, 0.15) is 60.5 Å². The Bertz CT molecular complexity index is 1520. The number of aromatic nitrogens is 5. The summed E-state index contributed by atoms with van der Waals surface area (Å²) in [5.41, 5.74) is 11.7. The summed E-state index contributed by atoms with van der Waals surface area (Å²) in [6.45, 7) is 4.73. The van der Waals surface area contributed by atoms with E-state index in [-0.39, 0.29) is 17.9 Å². The average Bonchev–Trinajstić information content (AvgIpc) is 3.38. The van der Waals surface area contributed by atoms with Crippen LogP contribution in [0.4, 0.5) is 11.6 Å². The lowest BCUT2D eigenvalue weighted by Gasteiger charge is -2.33. The summed E-state index contributed by atoms with van der Waals surface area (Å²) in [4.78, 5) is 39.4. The number of fused-ring (bicyclic) bond motifs is 1. The number of rotatable bonds is 10. The van der Waals surface area contributed by atoms with E-state index < -0.39 is 0 Å². The number of nitrogen functional groups attached to an aromatic ring is 1. The topological polar surface area (TPSA) is 164 Å². The van der Waals surface area contributed by atoms with Crippen LogP contribution in [-0.2, 0) is 4.79 Å². The van der Waals surface area contributed by atoms with Crippen LogP contribution in [0.5, 0.6) is 0 Å². The number of nitrogens with two attached hydrogens (primary N) is 1. The van der Waals surface area contributed by atoms with E-state index in [0.717, 1.165) is 62.9 Å². The minimum absolute atomic E-state index is 0.126. The van der Waals surface area contributed by atoms with Gasteiger partial charge in [-0.3, -0.25) is 14.8 Å². The number of piperidine rings is 1. The van der Waals surface area contributed by atoms with Crippen LogP contribution in [0.2, 0.25) is 0 Å². The average molecular weight is 558 g/mol. The second-order valence-corrected chi connectivity index (χ2v) is 10.4. The molecule has 0 spiro atoms. The van der Waals surface area contributed by atoms with Crippen LogP contribution in [0.3, 0.4) is 0 Å². The number of hydrogen-bond acceptors (Lipinski definition) is 9. The number of hydrogen-bond donors (Lipinski definition) is 4. The number of amides is 2.